The van der Waals surface area contributed by atoms with Crippen molar-refractivity contribution in [2.45, 2.75) is 69.7 Å². The molecule has 2 aliphatic rings. The van der Waals surface area contributed by atoms with Crippen LogP contribution in [-0.2, 0) is 14.8 Å². The molecular formula is C20H28N4O4S2. The lowest BCUT2D eigenvalue weighted by atomic mass is 9.85. The van der Waals surface area contributed by atoms with Gasteiger partial charge in [-0.2, -0.15) is 9.29 Å². The standard InChI is InChI=1S/C20H28N4O4S2/c1-12(2)21-19(25)15-8-5-9-24(11-15)30(26,27)17-10-16(29-13(17)3)18-22-20(28-23-18)14-6-4-7-14/h10,12,14-15H,4-9,11H2,1-3H3,(H,21,25)/t15-/m0/s1. The minimum Gasteiger partial charge on any atom is -0.354 e. The van der Waals surface area contributed by atoms with Gasteiger partial charge in [0.05, 0.1) is 15.7 Å². The Balaban J connectivity index is 1.54. The number of aromatic nitrogens is 2. The van der Waals surface area contributed by atoms with Crippen LogP contribution in [0.3, 0.4) is 0 Å². The SMILES string of the molecule is Cc1sc(-c2noc(C3CCC3)n2)cc1S(=O)(=O)N1CCC[C@H](C(=O)NC(C)C)C1. The molecule has 1 aliphatic heterocycles. The second-order valence-electron chi connectivity index (χ2n) is 8.48. The smallest absolute Gasteiger partial charge is 0.244 e. The molecule has 0 aromatic carbocycles. The lowest BCUT2D eigenvalue weighted by molar-refractivity contribution is -0.126. The summed E-state index contributed by atoms with van der Waals surface area (Å²) >= 11 is 1.35. The van der Waals surface area contributed by atoms with Gasteiger partial charge in [-0.25, -0.2) is 8.42 Å². The summed E-state index contributed by atoms with van der Waals surface area (Å²) in [6, 6.07) is 1.67. The molecule has 2 aromatic rings. The number of sulfonamides is 1. The number of nitrogens with zero attached hydrogens (tertiary/aromatic N) is 3. The molecule has 1 N–H and O–H groups in total. The van der Waals surface area contributed by atoms with Crippen LogP contribution in [0.25, 0.3) is 10.7 Å². The second kappa shape index (κ2) is 8.39. The average Bonchev–Trinajstić information content (AvgIpc) is 3.27. The number of amides is 1. The van der Waals surface area contributed by atoms with Crippen LogP contribution in [0.5, 0.6) is 0 Å². The predicted molar refractivity (Wildman–Crippen MR) is 114 cm³/mol. The van der Waals surface area contributed by atoms with Crippen molar-refractivity contribution in [2.24, 2.45) is 5.92 Å². The van der Waals surface area contributed by atoms with E-state index in [0.29, 0.717) is 46.8 Å². The van der Waals surface area contributed by atoms with Gasteiger partial charge in [0.15, 0.2) is 0 Å². The third-order valence-corrected chi connectivity index (χ3v) is 8.96. The van der Waals surface area contributed by atoms with Crippen LogP contribution in [0, 0.1) is 12.8 Å². The first-order chi connectivity index (χ1) is 14.3. The molecule has 0 radical (unpaired) electrons. The molecular weight excluding hydrogens is 424 g/mol. The summed E-state index contributed by atoms with van der Waals surface area (Å²) in [5, 5.41) is 6.96. The van der Waals surface area contributed by atoms with E-state index in [4.69, 9.17) is 4.52 Å². The Morgan fingerprint density at radius 1 is 1.30 bits per heavy atom. The number of carbonyl (C=O) groups excluding carboxylic acids is 1. The third kappa shape index (κ3) is 4.17. The van der Waals surface area contributed by atoms with E-state index in [-0.39, 0.29) is 29.3 Å². The largest absolute Gasteiger partial charge is 0.354 e. The number of hydrogen-bond donors (Lipinski definition) is 1. The van der Waals surface area contributed by atoms with E-state index in [2.05, 4.69) is 15.5 Å². The monoisotopic (exact) mass is 452 g/mol. The maximum absolute atomic E-state index is 13.3. The maximum Gasteiger partial charge on any atom is 0.244 e. The Labute approximate surface area is 181 Å². The lowest BCUT2D eigenvalue weighted by Gasteiger charge is -2.31. The van der Waals surface area contributed by atoms with Gasteiger partial charge in [0.25, 0.3) is 0 Å². The molecule has 10 heteroatoms. The van der Waals surface area contributed by atoms with Crippen molar-refractivity contribution in [2.75, 3.05) is 13.1 Å². The van der Waals surface area contributed by atoms with Gasteiger partial charge in [0, 0.05) is 29.9 Å². The highest BCUT2D eigenvalue weighted by Crippen LogP contribution is 2.38. The Hall–Kier alpha value is -1.78. The van der Waals surface area contributed by atoms with Crippen molar-refractivity contribution < 1.29 is 17.7 Å². The number of carbonyl (C=O) groups is 1. The second-order valence-corrected chi connectivity index (χ2v) is 11.6. The first kappa shape index (κ1) is 21.5. The van der Waals surface area contributed by atoms with Gasteiger partial charge in [-0.1, -0.05) is 11.6 Å². The van der Waals surface area contributed by atoms with Crippen molar-refractivity contribution in [3.8, 4) is 10.7 Å². The highest BCUT2D eigenvalue weighted by Gasteiger charge is 2.35. The fraction of sp³-hybridized carbons (Fsp3) is 0.650. The molecule has 1 amide bonds. The van der Waals surface area contributed by atoms with Crippen molar-refractivity contribution in [1.82, 2.24) is 19.8 Å². The molecule has 0 bridgehead atoms. The van der Waals surface area contributed by atoms with Crippen LogP contribution >= 0.6 is 11.3 Å². The van der Waals surface area contributed by atoms with E-state index in [1.807, 2.05) is 13.8 Å². The molecule has 1 saturated heterocycles. The zero-order chi connectivity index (χ0) is 21.5. The van der Waals surface area contributed by atoms with E-state index in [1.165, 1.54) is 22.1 Å². The van der Waals surface area contributed by atoms with Gasteiger partial charge < -0.3 is 9.84 Å². The zero-order valence-electron chi connectivity index (χ0n) is 17.6. The Morgan fingerprint density at radius 2 is 2.07 bits per heavy atom. The molecule has 1 atom stereocenters. The number of piperidine rings is 1. The van der Waals surface area contributed by atoms with Crippen LogP contribution < -0.4 is 5.32 Å². The molecule has 30 heavy (non-hydrogen) atoms. The quantitative estimate of drug-likeness (QED) is 0.721. The average molecular weight is 453 g/mol. The van der Waals surface area contributed by atoms with Crippen LogP contribution in [0.15, 0.2) is 15.5 Å². The first-order valence-electron chi connectivity index (χ1n) is 10.5. The van der Waals surface area contributed by atoms with E-state index >= 15 is 0 Å². The van der Waals surface area contributed by atoms with E-state index in [1.54, 1.807) is 13.0 Å². The molecule has 4 rings (SSSR count). The molecule has 164 valence electrons. The topological polar surface area (TPSA) is 105 Å². The van der Waals surface area contributed by atoms with Crippen LogP contribution in [0.4, 0.5) is 0 Å². The van der Waals surface area contributed by atoms with Crippen molar-refractivity contribution in [3.63, 3.8) is 0 Å². The van der Waals surface area contributed by atoms with Crippen LogP contribution in [0.2, 0.25) is 0 Å². The predicted octanol–water partition coefficient (Wildman–Crippen LogP) is 3.30. The number of thiophene rings is 1. The molecule has 1 saturated carbocycles. The summed E-state index contributed by atoms with van der Waals surface area (Å²) in [7, 11) is -3.70. The van der Waals surface area contributed by atoms with Crippen LogP contribution in [0.1, 0.15) is 62.6 Å². The molecule has 0 unspecified atom stereocenters. The van der Waals surface area contributed by atoms with Crippen LogP contribution in [-0.4, -0.2) is 47.9 Å². The van der Waals surface area contributed by atoms with Gasteiger partial charge >= 0.3 is 0 Å². The lowest BCUT2D eigenvalue weighted by Crippen LogP contribution is -2.46. The molecule has 2 aromatic heterocycles. The summed E-state index contributed by atoms with van der Waals surface area (Å²) in [5.74, 6) is 1.01. The summed E-state index contributed by atoms with van der Waals surface area (Å²) in [4.78, 5) is 18.5. The van der Waals surface area contributed by atoms with E-state index < -0.39 is 10.0 Å². The van der Waals surface area contributed by atoms with Gasteiger partial charge in [-0.05, 0) is 52.5 Å². The Bertz CT molecular complexity index is 1020. The Kier molecular flexibility index (Phi) is 6.00. The molecule has 0 spiro atoms. The molecule has 2 fully saturated rings. The third-order valence-electron chi connectivity index (χ3n) is 5.79. The normalized spacial score (nSPS) is 21.0. The van der Waals surface area contributed by atoms with Crippen molar-refractivity contribution >= 4 is 27.3 Å². The van der Waals surface area contributed by atoms with Gasteiger partial charge in [-0.3, -0.25) is 4.79 Å². The highest BCUT2D eigenvalue weighted by atomic mass is 32.2. The minimum atomic E-state index is -3.70. The molecule has 8 nitrogen and oxygen atoms in total. The summed E-state index contributed by atoms with van der Waals surface area (Å²) < 4.78 is 33.5. The van der Waals surface area contributed by atoms with Gasteiger partial charge in [0.2, 0.25) is 27.6 Å². The number of rotatable bonds is 6. The Morgan fingerprint density at radius 3 is 2.73 bits per heavy atom. The fourth-order valence-electron chi connectivity index (χ4n) is 3.90. The molecule has 1 aliphatic carbocycles. The summed E-state index contributed by atoms with van der Waals surface area (Å²) in [5.41, 5.74) is 0. The maximum atomic E-state index is 13.3. The van der Waals surface area contributed by atoms with Crippen molar-refractivity contribution in [3.05, 3.63) is 16.8 Å². The van der Waals surface area contributed by atoms with E-state index in [0.717, 1.165) is 12.8 Å². The zero-order valence-corrected chi connectivity index (χ0v) is 19.2. The van der Waals surface area contributed by atoms with Crippen molar-refractivity contribution in [1.29, 1.82) is 0 Å². The first-order valence-corrected chi connectivity index (χ1v) is 12.8. The molecule has 3 heterocycles. The summed E-state index contributed by atoms with van der Waals surface area (Å²) in [6.07, 6.45) is 4.66. The summed E-state index contributed by atoms with van der Waals surface area (Å²) in [6.45, 7) is 6.23. The minimum absolute atomic E-state index is 0.0333. The number of aryl methyl sites for hydroxylation is 1. The van der Waals surface area contributed by atoms with Gasteiger partial charge in [0.1, 0.15) is 0 Å². The fourth-order valence-corrected chi connectivity index (χ4v) is 6.91. The van der Waals surface area contributed by atoms with Gasteiger partial charge in [-0.15, -0.1) is 11.3 Å². The van der Waals surface area contributed by atoms with E-state index in [9.17, 15) is 13.2 Å². The number of nitrogens with one attached hydrogen (secondary N) is 1. The number of hydrogen-bond acceptors (Lipinski definition) is 7. The highest BCUT2D eigenvalue weighted by molar-refractivity contribution is 7.89.